The van der Waals surface area contributed by atoms with Crippen molar-refractivity contribution in [1.29, 1.82) is 0 Å². The minimum Gasteiger partial charge on any atom is -0.497 e. The predicted octanol–water partition coefficient (Wildman–Crippen LogP) is 2.55. The van der Waals surface area contributed by atoms with Crippen LogP contribution in [0.15, 0.2) is 24.4 Å². The molecule has 0 aliphatic carbocycles. The highest BCUT2D eigenvalue weighted by Gasteiger charge is 2.05. The lowest BCUT2D eigenvalue weighted by Crippen LogP contribution is -2.23. The maximum atomic E-state index is 11.7. The van der Waals surface area contributed by atoms with Crippen molar-refractivity contribution in [2.45, 2.75) is 13.0 Å². The van der Waals surface area contributed by atoms with Crippen molar-refractivity contribution in [3.8, 4) is 5.75 Å². The second-order valence-corrected chi connectivity index (χ2v) is 4.36. The summed E-state index contributed by atoms with van der Waals surface area (Å²) in [6.45, 7) is -1.57. The average Bonchev–Trinajstić information content (AvgIpc) is 2.84. The molecular formula is C14H18F2N2O2. The summed E-state index contributed by atoms with van der Waals surface area (Å²) in [5.74, 6) is 0.816. The van der Waals surface area contributed by atoms with Crippen LogP contribution in [0.4, 0.5) is 8.78 Å². The summed E-state index contributed by atoms with van der Waals surface area (Å²) >= 11 is 0. The first-order valence-corrected chi connectivity index (χ1v) is 6.45. The van der Waals surface area contributed by atoms with Crippen molar-refractivity contribution in [2.24, 2.45) is 0 Å². The number of halogens is 2. The van der Waals surface area contributed by atoms with Gasteiger partial charge in [-0.25, -0.2) is 0 Å². The summed E-state index contributed by atoms with van der Waals surface area (Å²) < 4.78 is 32.9. The number of hydrogen-bond donors (Lipinski definition) is 2. The van der Waals surface area contributed by atoms with Crippen molar-refractivity contribution < 1.29 is 18.3 Å². The van der Waals surface area contributed by atoms with Gasteiger partial charge in [0, 0.05) is 23.6 Å². The smallest absolute Gasteiger partial charge is 0.345 e. The zero-order chi connectivity index (χ0) is 14.4. The predicted molar refractivity (Wildman–Crippen MR) is 73.4 cm³/mol. The summed E-state index contributed by atoms with van der Waals surface area (Å²) in [6, 6.07) is 5.87. The van der Waals surface area contributed by atoms with E-state index in [9.17, 15) is 8.78 Å². The van der Waals surface area contributed by atoms with Gasteiger partial charge in [0.15, 0.2) is 0 Å². The van der Waals surface area contributed by atoms with Crippen molar-refractivity contribution in [3.05, 3.63) is 30.0 Å². The lowest BCUT2D eigenvalue weighted by atomic mass is 10.1. The van der Waals surface area contributed by atoms with Crippen LogP contribution < -0.4 is 10.1 Å². The van der Waals surface area contributed by atoms with Gasteiger partial charge in [0.1, 0.15) is 5.75 Å². The minimum absolute atomic E-state index is 0.0133. The molecule has 2 N–H and O–H groups in total. The Morgan fingerprint density at radius 2 is 2.15 bits per heavy atom. The number of H-pyrrole nitrogens is 1. The molecule has 6 heteroatoms. The molecule has 1 aromatic heterocycles. The molecule has 0 radical (unpaired) electrons. The SMILES string of the molecule is COc1ccc2[nH]cc(CCNCCOC(F)F)c2c1. The molecule has 1 heterocycles. The summed E-state index contributed by atoms with van der Waals surface area (Å²) in [6.07, 6.45) is 2.77. The molecule has 2 rings (SSSR count). The van der Waals surface area contributed by atoms with E-state index < -0.39 is 6.61 Å². The number of ether oxygens (including phenoxy) is 2. The first-order valence-electron chi connectivity index (χ1n) is 6.45. The van der Waals surface area contributed by atoms with Crippen LogP contribution in [0.25, 0.3) is 10.9 Å². The Kier molecular flexibility index (Phi) is 5.31. The lowest BCUT2D eigenvalue weighted by molar-refractivity contribution is -0.127. The Labute approximate surface area is 116 Å². The van der Waals surface area contributed by atoms with Crippen LogP contribution in [-0.4, -0.2) is 38.4 Å². The van der Waals surface area contributed by atoms with Gasteiger partial charge < -0.3 is 19.8 Å². The third-order valence-electron chi connectivity index (χ3n) is 3.07. The normalized spacial score (nSPS) is 11.4. The summed E-state index contributed by atoms with van der Waals surface area (Å²) in [4.78, 5) is 3.20. The van der Waals surface area contributed by atoms with Crippen LogP contribution in [0.2, 0.25) is 0 Å². The fourth-order valence-corrected chi connectivity index (χ4v) is 2.06. The minimum atomic E-state index is -2.70. The van der Waals surface area contributed by atoms with Crippen LogP contribution in [0.5, 0.6) is 5.75 Å². The van der Waals surface area contributed by atoms with E-state index in [0.717, 1.165) is 23.1 Å². The van der Waals surface area contributed by atoms with Crippen molar-refractivity contribution in [2.75, 3.05) is 26.8 Å². The van der Waals surface area contributed by atoms with E-state index in [1.807, 2.05) is 24.4 Å². The second kappa shape index (κ2) is 7.21. The number of methoxy groups -OCH3 is 1. The van der Waals surface area contributed by atoms with Gasteiger partial charge in [-0.3, -0.25) is 0 Å². The Bertz CT molecular complexity index is 543. The zero-order valence-corrected chi connectivity index (χ0v) is 11.3. The van der Waals surface area contributed by atoms with Gasteiger partial charge in [0.05, 0.1) is 13.7 Å². The van der Waals surface area contributed by atoms with Gasteiger partial charge >= 0.3 is 6.61 Å². The van der Waals surface area contributed by atoms with Crippen LogP contribution in [0.1, 0.15) is 5.56 Å². The zero-order valence-electron chi connectivity index (χ0n) is 11.3. The molecular weight excluding hydrogens is 266 g/mol. The Balaban J connectivity index is 1.84. The standard InChI is InChI=1S/C14H18F2N2O2/c1-19-11-2-3-13-12(8-11)10(9-18-13)4-5-17-6-7-20-14(15)16/h2-3,8-9,14,17-18H,4-7H2,1H3. The summed E-state index contributed by atoms with van der Waals surface area (Å²) in [5, 5.41) is 4.19. The van der Waals surface area contributed by atoms with E-state index >= 15 is 0 Å². The number of alkyl halides is 2. The fraction of sp³-hybridized carbons (Fsp3) is 0.429. The van der Waals surface area contributed by atoms with Crippen LogP contribution in [-0.2, 0) is 11.2 Å². The van der Waals surface area contributed by atoms with E-state index in [1.54, 1.807) is 7.11 Å². The van der Waals surface area contributed by atoms with E-state index in [2.05, 4.69) is 15.0 Å². The fourth-order valence-electron chi connectivity index (χ4n) is 2.06. The number of aromatic nitrogens is 1. The number of aromatic amines is 1. The van der Waals surface area contributed by atoms with E-state index in [1.165, 1.54) is 5.56 Å². The van der Waals surface area contributed by atoms with Gasteiger partial charge in [-0.05, 0) is 36.7 Å². The third-order valence-corrected chi connectivity index (χ3v) is 3.07. The molecule has 110 valence electrons. The number of fused-ring (bicyclic) bond motifs is 1. The molecule has 0 unspecified atom stereocenters. The largest absolute Gasteiger partial charge is 0.497 e. The van der Waals surface area contributed by atoms with Crippen LogP contribution in [0.3, 0.4) is 0 Å². The molecule has 0 saturated heterocycles. The second-order valence-electron chi connectivity index (χ2n) is 4.36. The highest BCUT2D eigenvalue weighted by Crippen LogP contribution is 2.23. The van der Waals surface area contributed by atoms with Gasteiger partial charge in [-0.1, -0.05) is 0 Å². The van der Waals surface area contributed by atoms with Crippen LogP contribution >= 0.6 is 0 Å². The average molecular weight is 284 g/mol. The first-order chi connectivity index (χ1) is 9.70. The molecule has 0 bridgehead atoms. The molecule has 1 aromatic carbocycles. The Hall–Kier alpha value is -1.66. The molecule has 20 heavy (non-hydrogen) atoms. The van der Waals surface area contributed by atoms with E-state index in [4.69, 9.17) is 4.74 Å². The summed E-state index contributed by atoms with van der Waals surface area (Å²) in [5.41, 5.74) is 2.23. The van der Waals surface area contributed by atoms with Crippen LogP contribution in [0, 0.1) is 0 Å². The maximum Gasteiger partial charge on any atom is 0.345 e. The van der Waals surface area contributed by atoms with E-state index in [-0.39, 0.29) is 6.61 Å². The molecule has 4 nitrogen and oxygen atoms in total. The van der Waals surface area contributed by atoms with Crippen molar-refractivity contribution >= 4 is 10.9 Å². The molecule has 0 saturated carbocycles. The third kappa shape index (κ3) is 3.91. The number of benzene rings is 1. The van der Waals surface area contributed by atoms with E-state index in [0.29, 0.717) is 13.1 Å². The van der Waals surface area contributed by atoms with Crippen molar-refractivity contribution in [1.82, 2.24) is 10.3 Å². The molecule has 0 atom stereocenters. The molecule has 0 amide bonds. The number of rotatable bonds is 8. The lowest BCUT2D eigenvalue weighted by Gasteiger charge is -2.05. The Morgan fingerprint density at radius 1 is 1.30 bits per heavy atom. The quantitative estimate of drug-likeness (QED) is 0.732. The van der Waals surface area contributed by atoms with Gasteiger partial charge in [-0.15, -0.1) is 0 Å². The highest BCUT2D eigenvalue weighted by molar-refractivity contribution is 5.84. The maximum absolute atomic E-state index is 11.7. The molecule has 0 fully saturated rings. The Morgan fingerprint density at radius 3 is 2.90 bits per heavy atom. The molecule has 0 aliphatic rings. The highest BCUT2D eigenvalue weighted by atomic mass is 19.3. The molecule has 0 aliphatic heterocycles. The summed E-state index contributed by atoms with van der Waals surface area (Å²) in [7, 11) is 1.64. The van der Waals surface area contributed by atoms with Crippen molar-refractivity contribution in [3.63, 3.8) is 0 Å². The van der Waals surface area contributed by atoms with Gasteiger partial charge in [0.2, 0.25) is 0 Å². The van der Waals surface area contributed by atoms with Gasteiger partial charge in [-0.2, -0.15) is 8.78 Å². The topological polar surface area (TPSA) is 46.3 Å². The molecule has 0 spiro atoms. The number of hydrogen-bond acceptors (Lipinski definition) is 3. The monoisotopic (exact) mass is 284 g/mol. The number of nitrogens with one attached hydrogen (secondary N) is 2. The van der Waals surface area contributed by atoms with Gasteiger partial charge in [0.25, 0.3) is 0 Å². The first kappa shape index (κ1) is 14.7. The molecule has 2 aromatic rings.